The number of β-amino-alcohol motifs (C(OH)–C–C–N with tert-alkyl or cyclic N) is 1. The topological polar surface area (TPSA) is 77.8 Å². The molecule has 1 heterocycles. The second-order valence-corrected chi connectivity index (χ2v) is 4.72. The van der Waals surface area contributed by atoms with Crippen LogP contribution in [0.5, 0.6) is 0 Å². The molecule has 0 aromatic rings. The summed E-state index contributed by atoms with van der Waals surface area (Å²) in [6.07, 6.45) is 0.540. The highest BCUT2D eigenvalue weighted by atomic mass is 16.4. The lowest BCUT2D eigenvalue weighted by atomic mass is 10.1. The zero-order valence-electron chi connectivity index (χ0n) is 9.72. The van der Waals surface area contributed by atoms with Gasteiger partial charge in [-0.3, -0.25) is 4.79 Å². The molecule has 1 amide bonds. The van der Waals surface area contributed by atoms with Crippen LogP contribution in [0.3, 0.4) is 0 Å². The van der Waals surface area contributed by atoms with Gasteiger partial charge in [0.05, 0.1) is 6.10 Å². The van der Waals surface area contributed by atoms with E-state index in [1.165, 1.54) is 4.90 Å². The number of hydrogen-bond acceptors (Lipinski definition) is 3. The van der Waals surface area contributed by atoms with E-state index < -0.39 is 18.1 Å². The summed E-state index contributed by atoms with van der Waals surface area (Å²) in [6, 6.07) is -0.852. The first-order valence-electron chi connectivity index (χ1n) is 5.62. The van der Waals surface area contributed by atoms with E-state index in [-0.39, 0.29) is 18.9 Å². The van der Waals surface area contributed by atoms with Crippen molar-refractivity contribution < 1.29 is 19.8 Å². The second kappa shape index (κ2) is 5.30. The van der Waals surface area contributed by atoms with Crippen molar-refractivity contribution in [1.29, 1.82) is 0 Å². The smallest absolute Gasteiger partial charge is 0.326 e. The highest BCUT2D eigenvalue weighted by molar-refractivity contribution is 5.84. The molecule has 1 fully saturated rings. The van der Waals surface area contributed by atoms with Crippen LogP contribution in [-0.4, -0.2) is 45.7 Å². The maximum atomic E-state index is 11.8. The van der Waals surface area contributed by atoms with Crippen LogP contribution in [0.2, 0.25) is 0 Å². The number of amides is 1. The Balaban J connectivity index is 2.56. The Morgan fingerprint density at radius 2 is 2.06 bits per heavy atom. The molecule has 0 unspecified atom stereocenters. The van der Waals surface area contributed by atoms with Crippen LogP contribution < -0.4 is 0 Å². The van der Waals surface area contributed by atoms with E-state index in [0.717, 1.165) is 6.42 Å². The number of likely N-dealkylation sites (tertiary alicyclic amines) is 1. The molecule has 0 bridgehead atoms. The summed E-state index contributed by atoms with van der Waals surface area (Å²) in [5.74, 6) is -0.785. The summed E-state index contributed by atoms with van der Waals surface area (Å²) in [5, 5.41) is 18.3. The third-order valence-corrected chi connectivity index (χ3v) is 2.82. The summed E-state index contributed by atoms with van der Waals surface area (Å²) >= 11 is 0. The normalized spacial score (nSPS) is 25.1. The molecule has 2 N–H and O–H groups in total. The molecule has 0 aliphatic carbocycles. The maximum Gasteiger partial charge on any atom is 0.326 e. The van der Waals surface area contributed by atoms with Gasteiger partial charge in [-0.1, -0.05) is 13.8 Å². The molecule has 1 rings (SSSR count). The van der Waals surface area contributed by atoms with E-state index in [2.05, 4.69) is 0 Å². The first-order chi connectivity index (χ1) is 7.41. The second-order valence-electron chi connectivity index (χ2n) is 4.72. The zero-order chi connectivity index (χ0) is 12.3. The predicted molar refractivity (Wildman–Crippen MR) is 57.8 cm³/mol. The number of carboxylic acids is 1. The van der Waals surface area contributed by atoms with Crippen molar-refractivity contribution in [1.82, 2.24) is 4.90 Å². The summed E-state index contributed by atoms with van der Waals surface area (Å²) in [6.45, 7) is 4.18. The average Bonchev–Trinajstić information content (AvgIpc) is 2.56. The highest BCUT2D eigenvalue weighted by Crippen LogP contribution is 2.20. The van der Waals surface area contributed by atoms with Crippen molar-refractivity contribution in [2.75, 3.05) is 6.54 Å². The lowest BCUT2D eigenvalue weighted by Gasteiger charge is -2.21. The lowest BCUT2D eigenvalue weighted by Crippen LogP contribution is -2.40. The number of hydrogen-bond donors (Lipinski definition) is 2. The van der Waals surface area contributed by atoms with Crippen LogP contribution in [0.15, 0.2) is 0 Å². The number of carboxylic acid groups (broad SMARTS) is 1. The number of carbonyl (C=O) groups excluding carboxylic acids is 1. The van der Waals surface area contributed by atoms with Gasteiger partial charge >= 0.3 is 5.97 Å². The number of rotatable bonds is 4. The minimum absolute atomic E-state index is 0.142. The van der Waals surface area contributed by atoms with E-state index in [1.807, 2.05) is 13.8 Å². The quantitative estimate of drug-likeness (QED) is 0.734. The fourth-order valence-corrected chi connectivity index (χ4v) is 1.88. The molecule has 0 aromatic heterocycles. The SMILES string of the molecule is CC(C)CCC(=O)N1C[C@H](O)C[C@@H]1C(=O)O. The number of aliphatic hydroxyl groups excluding tert-OH is 1. The van der Waals surface area contributed by atoms with Crippen LogP contribution >= 0.6 is 0 Å². The number of aliphatic carboxylic acids is 1. The van der Waals surface area contributed by atoms with Gasteiger partial charge < -0.3 is 15.1 Å². The Morgan fingerprint density at radius 1 is 1.44 bits per heavy atom. The van der Waals surface area contributed by atoms with Crippen molar-refractivity contribution >= 4 is 11.9 Å². The van der Waals surface area contributed by atoms with Gasteiger partial charge in [-0.2, -0.15) is 0 Å². The van der Waals surface area contributed by atoms with Crippen molar-refractivity contribution in [3.05, 3.63) is 0 Å². The van der Waals surface area contributed by atoms with Crippen molar-refractivity contribution in [2.45, 2.75) is 45.3 Å². The van der Waals surface area contributed by atoms with Crippen LogP contribution in [0.25, 0.3) is 0 Å². The Bertz CT molecular complexity index is 277. The predicted octanol–water partition coefficient (Wildman–Crippen LogP) is 0.469. The summed E-state index contributed by atoms with van der Waals surface area (Å²) in [5.41, 5.74) is 0. The molecule has 1 aliphatic rings. The minimum Gasteiger partial charge on any atom is -0.480 e. The van der Waals surface area contributed by atoms with Crippen LogP contribution in [0.1, 0.15) is 33.1 Å². The van der Waals surface area contributed by atoms with Crippen molar-refractivity contribution in [2.24, 2.45) is 5.92 Å². The Hall–Kier alpha value is -1.10. The molecule has 2 atom stereocenters. The van der Waals surface area contributed by atoms with Gasteiger partial charge in [0.25, 0.3) is 0 Å². The van der Waals surface area contributed by atoms with Crippen LogP contribution in [0, 0.1) is 5.92 Å². The molecule has 0 aromatic carbocycles. The molecule has 0 spiro atoms. The molecule has 16 heavy (non-hydrogen) atoms. The fourth-order valence-electron chi connectivity index (χ4n) is 1.88. The Labute approximate surface area is 95.1 Å². The summed E-state index contributed by atoms with van der Waals surface area (Å²) in [7, 11) is 0. The molecule has 5 nitrogen and oxygen atoms in total. The molecule has 92 valence electrons. The number of nitrogens with zero attached hydrogens (tertiary/aromatic N) is 1. The van der Waals surface area contributed by atoms with Gasteiger partial charge in [-0.15, -0.1) is 0 Å². The van der Waals surface area contributed by atoms with E-state index in [1.54, 1.807) is 0 Å². The molecular weight excluding hydrogens is 210 g/mol. The third kappa shape index (κ3) is 3.20. The summed E-state index contributed by atoms with van der Waals surface area (Å²) < 4.78 is 0. The first-order valence-corrected chi connectivity index (χ1v) is 5.62. The number of aliphatic hydroxyl groups is 1. The minimum atomic E-state index is -1.03. The zero-order valence-corrected chi connectivity index (χ0v) is 9.72. The largest absolute Gasteiger partial charge is 0.480 e. The van der Waals surface area contributed by atoms with Gasteiger partial charge in [0.2, 0.25) is 5.91 Å². The molecule has 0 saturated carbocycles. The summed E-state index contributed by atoms with van der Waals surface area (Å²) in [4.78, 5) is 23.9. The van der Waals surface area contributed by atoms with E-state index in [9.17, 15) is 14.7 Å². The Kier molecular flexibility index (Phi) is 4.29. The molecule has 5 heteroatoms. The fraction of sp³-hybridized carbons (Fsp3) is 0.818. The highest BCUT2D eigenvalue weighted by Gasteiger charge is 2.38. The number of carbonyl (C=O) groups is 2. The Morgan fingerprint density at radius 3 is 2.56 bits per heavy atom. The van der Waals surface area contributed by atoms with E-state index in [4.69, 9.17) is 5.11 Å². The third-order valence-electron chi connectivity index (χ3n) is 2.82. The van der Waals surface area contributed by atoms with Gasteiger partial charge in [-0.05, 0) is 12.3 Å². The van der Waals surface area contributed by atoms with E-state index >= 15 is 0 Å². The van der Waals surface area contributed by atoms with E-state index in [0.29, 0.717) is 12.3 Å². The standard InChI is InChI=1S/C11H19NO4/c1-7(2)3-4-10(14)12-6-8(13)5-9(12)11(15)16/h7-9,13H,3-6H2,1-2H3,(H,15,16)/t8-,9-/m1/s1. The van der Waals surface area contributed by atoms with Gasteiger partial charge in [0.15, 0.2) is 0 Å². The van der Waals surface area contributed by atoms with Gasteiger partial charge in [0.1, 0.15) is 6.04 Å². The first kappa shape index (κ1) is 13.0. The van der Waals surface area contributed by atoms with Gasteiger partial charge in [0, 0.05) is 19.4 Å². The monoisotopic (exact) mass is 229 g/mol. The molecular formula is C11H19NO4. The molecule has 0 radical (unpaired) electrons. The maximum absolute atomic E-state index is 11.8. The lowest BCUT2D eigenvalue weighted by molar-refractivity contribution is -0.148. The van der Waals surface area contributed by atoms with Crippen LogP contribution in [-0.2, 0) is 9.59 Å². The molecule has 1 aliphatic heterocycles. The molecule has 1 saturated heterocycles. The van der Waals surface area contributed by atoms with Crippen molar-refractivity contribution in [3.8, 4) is 0 Å². The van der Waals surface area contributed by atoms with Crippen molar-refractivity contribution in [3.63, 3.8) is 0 Å². The average molecular weight is 229 g/mol. The van der Waals surface area contributed by atoms with Gasteiger partial charge in [-0.25, -0.2) is 4.79 Å². The van der Waals surface area contributed by atoms with Crippen LogP contribution in [0.4, 0.5) is 0 Å².